The van der Waals surface area contributed by atoms with E-state index in [0.717, 1.165) is 6.42 Å². The summed E-state index contributed by atoms with van der Waals surface area (Å²) in [5, 5.41) is 0. The molecule has 0 aliphatic heterocycles. The molecule has 21 heavy (non-hydrogen) atoms. The van der Waals surface area contributed by atoms with Crippen molar-refractivity contribution in [3.63, 3.8) is 0 Å². The van der Waals surface area contributed by atoms with Crippen LogP contribution in [0, 0.1) is 23.7 Å². The SMILES string of the molecule is O=C(c1ccco1)C1C2C=CC(C2)C1C(=O)c1ccco1. The van der Waals surface area contributed by atoms with Gasteiger partial charge in [0, 0.05) is 11.8 Å². The van der Waals surface area contributed by atoms with Crippen LogP contribution in [0.15, 0.2) is 57.8 Å². The first-order valence-corrected chi connectivity index (χ1v) is 7.09. The Bertz CT molecular complexity index is 633. The maximum Gasteiger partial charge on any atom is 0.202 e. The summed E-state index contributed by atoms with van der Waals surface area (Å²) < 4.78 is 10.5. The number of carbonyl (C=O) groups is 2. The Kier molecular flexibility index (Phi) is 2.70. The molecule has 0 amide bonds. The zero-order valence-corrected chi connectivity index (χ0v) is 11.3. The topological polar surface area (TPSA) is 60.4 Å². The van der Waals surface area contributed by atoms with Crippen molar-refractivity contribution in [2.24, 2.45) is 23.7 Å². The average Bonchev–Trinajstić information content (AvgIpc) is 3.30. The highest BCUT2D eigenvalue weighted by atomic mass is 16.3. The van der Waals surface area contributed by atoms with Gasteiger partial charge >= 0.3 is 0 Å². The lowest BCUT2D eigenvalue weighted by Gasteiger charge is -2.24. The molecule has 4 rings (SSSR count). The standard InChI is InChI=1S/C17H14O4/c18-16(12-3-1-7-20-12)14-10-5-6-11(9-10)15(14)17(19)13-4-2-8-21-13/h1-8,10-11,14-15H,9H2. The molecular weight excluding hydrogens is 268 g/mol. The molecule has 0 radical (unpaired) electrons. The zero-order valence-electron chi connectivity index (χ0n) is 11.3. The van der Waals surface area contributed by atoms with E-state index in [1.807, 2.05) is 0 Å². The number of hydrogen-bond acceptors (Lipinski definition) is 4. The highest BCUT2D eigenvalue weighted by molar-refractivity contribution is 6.04. The van der Waals surface area contributed by atoms with Gasteiger partial charge < -0.3 is 8.83 Å². The summed E-state index contributed by atoms with van der Waals surface area (Å²) in [5.74, 6) is 0.0560. The summed E-state index contributed by atoms with van der Waals surface area (Å²) in [5.41, 5.74) is 0. The van der Waals surface area contributed by atoms with Crippen LogP contribution in [-0.2, 0) is 0 Å². The summed E-state index contributed by atoms with van der Waals surface area (Å²) in [4.78, 5) is 25.3. The Morgan fingerprint density at radius 1 is 0.857 bits per heavy atom. The third-order valence-electron chi connectivity index (χ3n) is 4.59. The van der Waals surface area contributed by atoms with E-state index in [9.17, 15) is 9.59 Å². The van der Waals surface area contributed by atoms with E-state index < -0.39 is 0 Å². The van der Waals surface area contributed by atoms with Gasteiger partial charge in [0.1, 0.15) is 0 Å². The number of fused-ring (bicyclic) bond motifs is 2. The van der Waals surface area contributed by atoms with Gasteiger partial charge in [-0.1, -0.05) is 12.2 Å². The van der Waals surface area contributed by atoms with E-state index in [1.54, 1.807) is 24.3 Å². The van der Waals surface area contributed by atoms with Crippen LogP contribution in [0.4, 0.5) is 0 Å². The molecule has 106 valence electrons. The van der Waals surface area contributed by atoms with Crippen molar-refractivity contribution in [2.45, 2.75) is 6.42 Å². The number of allylic oxidation sites excluding steroid dienone is 2. The van der Waals surface area contributed by atoms with E-state index >= 15 is 0 Å². The molecule has 1 saturated carbocycles. The summed E-state index contributed by atoms with van der Waals surface area (Å²) in [6.07, 6.45) is 7.94. The predicted molar refractivity (Wildman–Crippen MR) is 73.8 cm³/mol. The average molecular weight is 282 g/mol. The minimum Gasteiger partial charge on any atom is -0.461 e. The molecule has 2 aliphatic rings. The van der Waals surface area contributed by atoms with Gasteiger partial charge in [0.2, 0.25) is 11.6 Å². The van der Waals surface area contributed by atoms with Crippen molar-refractivity contribution in [3.8, 4) is 0 Å². The maximum atomic E-state index is 12.7. The zero-order chi connectivity index (χ0) is 14.4. The first-order chi connectivity index (χ1) is 10.3. The molecule has 2 heterocycles. The van der Waals surface area contributed by atoms with Crippen molar-refractivity contribution < 1.29 is 18.4 Å². The van der Waals surface area contributed by atoms with Crippen molar-refractivity contribution >= 4 is 11.6 Å². The molecule has 4 unspecified atom stereocenters. The largest absolute Gasteiger partial charge is 0.461 e. The minimum atomic E-state index is -0.344. The van der Waals surface area contributed by atoms with Crippen LogP contribution in [0.2, 0.25) is 0 Å². The first-order valence-electron chi connectivity index (χ1n) is 7.09. The van der Waals surface area contributed by atoms with Crippen molar-refractivity contribution in [1.29, 1.82) is 0 Å². The van der Waals surface area contributed by atoms with Crippen LogP contribution in [0.25, 0.3) is 0 Å². The Morgan fingerprint density at radius 3 is 1.71 bits per heavy atom. The van der Waals surface area contributed by atoms with Crippen molar-refractivity contribution in [2.75, 3.05) is 0 Å². The number of furan rings is 2. The minimum absolute atomic E-state index is 0.0817. The van der Waals surface area contributed by atoms with E-state index in [0.29, 0.717) is 11.5 Å². The van der Waals surface area contributed by atoms with Gasteiger partial charge in [-0.05, 0) is 42.5 Å². The fourth-order valence-corrected chi connectivity index (χ4v) is 3.70. The Balaban J connectivity index is 1.70. The Labute approximate surface area is 121 Å². The highest BCUT2D eigenvalue weighted by Crippen LogP contribution is 2.50. The molecule has 4 heteroatoms. The van der Waals surface area contributed by atoms with Gasteiger partial charge in [0.15, 0.2) is 11.5 Å². The number of hydrogen-bond donors (Lipinski definition) is 0. The number of ketones is 2. The van der Waals surface area contributed by atoms with Gasteiger partial charge in [0.25, 0.3) is 0 Å². The molecule has 1 fully saturated rings. The molecule has 4 atom stereocenters. The number of Topliss-reactive ketones (excluding diaryl/α,β-unsaturated/α-hetero) is 2. The summed E-state index contributed by atoms with van der Waals surface area (Å²) >= 11 is 0. The molecule has 2 aromatic heterocycles. The second kappa shape index (κ2) is 4.58. The number of rotatable bonds is 4. The Morgan fingerprint density at radius 2 is 1.33 bits per heavy atom. The monoisotopic (exact) mass is 282 g/mol. The van der Waals surface area contributed by atoms with Crippen LogP contribution in [0.5, 0.6) is 0 Å². The second-order valence-corrected chi connectivity index (χ2v) is 5.68. The van der Waals surface area contributed by atoms with E-state index in [2.05, 4.69) is 12.2 Å². The van der Waals surface area contributed by atoms with E-state index in [-0.39, 0.29) is 35.2 Å². The van der Waals surface area contributed by atoms with Crippen molar-refractivity contribution in [3.05, 3.63) is 60.5 Å². The van der Waals surface area contributed by atoms with Gasteiger partial charge in [-0.15, -0.1) is 0 Å². The van der Waals surface area contributed by atoms with E-state index in [1.165, 1.54) is 12.5 Å². The molecule has 2 bridgehead atoms. The molecule has 4 nitrogen and oxygen atoms in total. The molecular formula is C17H14O4. The highest BCUT2D eigenvalue weighted by Gasteiger charge is 2.52. The van der Waals surface area contributed by atoms with Gasteiger partial charge in [-0.2, -0.15) is 0 Å². The molecule has 0 aromatic carbocycles. The lowest BCUT2D eigenvalue weighted by molar-refractivity contribution is 0.0721. The third kappa shape index (κ3) is 1.82. The quantitative estimate of drug-likeness (QED) is 0.637. The van der Waals surface area contributed by atoms with Gasteiger partial charge in [-0.3, -0.25) is 9.59 Å². The fourth-order valence-electron chi connectivity index (χ4n) is 3.70. The van der Waals surface area contributed by atoms with Crippen LogP contribution < -0.4 is 0 Å². The van der Waals surface area contributed by atoms with Crippen LogP contribution >= 0.6 is 0 Å². The van der Waals surface area contributed by atoms with E-state index in [4.69, 9.17) is 8.83 Å². The fraction of sp³-hybridized carbons (Fsp3) is 0.294. The molecule has 0 saturated heterocycles. The first kappa shape index (κ1) is 12.4. The number of carbonyl (C=O) groups excluding carboxylic acids is 2. The molecule has 0 N–H and O–H groups in total. The summed E-state index contributed by atoms with van der Waals surface area (Å²) in [7, 11) is 0. The predicted octanol–water partition coefficient (Wildman–Crippen LogP) is 3.38. The second-order valence-electron chi connectivity index (χ2n) is 5.68. The Hall–Kier alpha value is -2.36. The molecule has 2 aromatic rings. The lowest BCUT2D eigenvalue weighted by atomic mass is 9.77. The summed E-state index contributed by atoms with van der Waals surface area (Å²) in [6.45, 7) is 0. The maximum absolute atomic E-state index is 12.7. The van der Waals surface area contributed by atoms with Crippen LogP contribution in [0.1, 0.15) is 27.5 Å². The lowest BCUT2D eigenvalue weighted by Crippen LogP contribution is -2.33. The summed E-state index contributed by atoms with van der Waals surface area (Å²) in [6, 6.07) is 6.71. The van der Waals surface area contributed by atoms with Crippen LogP contribution in [0.3, 0.4) is 0 Å². The van der Waals surface area contributed by atoms with Gasteiger partial charge in [-0.25, -0.2) is 0 Å². The van der Waals surface area contributed by atoms with Gasteiger partial charge in [0.05, 0.1) is 12.5 Å². The van der Waals surface area contributed by atoms with Crippen molar-refractivity contribution in [1.82, 2.24) is 0 Å². The normalized spacial score (nSPS) is 29.9. The van der Waals surface area contributed by atoms with Crippen LogP contribution in [-0.4, -0.2) is 11.6 Å². The smallest absolute Gasteiger partial charge is 0.202 e. The molecule has 0 spiro atoms. The third-order valence-corrected chi connectivity index (χ3v) is 4.59. The molecule has 2 aliphatic carbocycles.